The zero-order valence-corrected chi connectivity index (χ0v) is 20.1. The van der Waals surface area contributed by atoms with Crippen LogP contribution in [0.1, 0.15) is 44.1 Å². The number of hydrogen-bond donors (Lipinski definition) is 2. The molecule has 2 N–H and O–H groups in total. The summed E-state index contributed by atoms with van der Waals surface area (Å²) < 4.78 is 10.7. The lowest BCUT2D eigenvalue weighted by Gasteiger charge is -2.34. The Labute approximate surface area is 200 Å². The van der Waals surface area contributed by atoms with Crippen LogP contribution < -0.4 is 20.2 Å². The molecule has 0 aromatic heterocycles. The number of imide groups is 1. The van der Waals surface area contributed by atoms with Gasteiger partial charge in [-0.05, 0) is 30.5 Å². The average molecular weight is 474 g/mol. The highest BCUT2D eigenvalue weighted by molar-refractivity contribution is 6.08. The number of benzene rings is 1. The fourth-order valence-electron chi connectivity index (χ4n) is 5.06. The molecule has 10 heteroatoms. The van der Waals surface area contributed by atoms with E-state index in [9.17, 15) is 14.4 Å². The SMILES string of the molecule is COc1ccc(CN2CCN(CCC(=O)NN3C(=O)NC4(CCCCC4)C3=O)CC2)cc1OC. The van der Waals surface area contributed by atoms with Crippen LogP contribution in [0.3, 0.4) is 0 Å². The maximum Gasteiger partial charge on any atom is 0.344 e. The van der Waals surface area contributed by atoms with Gasteiger partial charge in [-0.15, -0.1) is 0 Å². The summed E-state index contributed by atoms with van der Waals surface area (Å²) in [7, 11) is 3.26. The highest BCUT2D eigenvalue weighted by Gasteiger charge is 2.52. The molecule has 1 aliphatic carbocycles. The third-order valence-corrected chi connectivity index (χ3v) is 7.08. The first-order chi connectivity index (χ1) is 16.4. The molecule has 0 radical (unpaired) electrons. The Morgan fingerprint density at radius 2 is 1.68 bits per heavy atom. The molecule has 10 nitrogen and oxygen atoms in total. The zero-order valence-electron chi connectivity index (χ0n) is 20.1. The number of urea groups is 1. The molecule has 2 saturated heterocycles. The van der Waals surface area contributed by atoms with Gasteiger partial charge in [0.15, 0.2) is 11.5 Å². The van der Waals surface area contributed by atoms with Gasteiger partial charge in [-0.2, -0.15) is 5.01 Å². The lowest BCUT2D eigenvalue weighted by atomic mass is 9.82. The molecular formula is C24H35N5O5. The molecular weight excluding hydrogens is 438 g/mol. The van der Waals surface area contributed by atoms with Gasteiger partial charge < -0.3 is 19.7 Å². The second-order valence-electron chi connectivity index (χ2n) is 9.31. The summed E-state index contributed by atoms with van der Waals surface area (Å²) in [6.45, 7) is 4.91. The number of hydrogen-bond acceptors (Lipinski definition) is 7. The molecule has 4 amide bonds. The Hall–Kier alpha value is -2.85. The molecule has 0 bridgehead atoms. The standard InChI is InChI=1S/C24H35N5O5/c1-33-19-7-6-18(16-20(19)34-2)17-28-14-12-27(13-15-28)11-8-21(30)26-29-22(31)24(25-23(29)32)9-4-3-5-10-24/h6-7,16H,3-5,8-15,17H2,1-2H3,(H,25,32)(H,26,30). The summed E-state index contributed by atoms with van der Waals surface area (Å²) in [5.41, 5.74) is 2.86. The normalized spacial score (nSPS) is 20.9. The van der Waals surface area contributed by atoms with Crippen LogP contribution in [0.25, 0.3) is 0 Å². The second kappa shape index (κ2) is 10.6. The molecule has 2 aliphatic heterocycles. The van der Waals surface area contributed by atoms with Crippen molar-refractivity contribution >= 4 is 17.8 Å². The quantitative estimate of drug-likeness (QED) is 0.552. The molecule has 1 saturated carbocycles. The summed E-state index contributed by atoms with van der Waals surface area (Å²) >= 11 is 0. The Morgan fingerprint density at radius 1 is 1.00 bits per heavy atom. The van der Waals surface area contributed by atoms with E-state index >= 15 is 0 Å². The number of amides is 4. The number of rotatable bonds is 8. The fraction of sp³-hybridized carbons (Fsp3) is 0.625. The van der Waals surface area contributed by atoms with Crippen molar-refractivity contribution in [2.45, 2.75) is 50.6 Å². The molecule has 1 aromatic rings. The number of nitrogens with one attached hydrogen (secondary N) is 2. The first-order valence-corrected chi connectivity index (χ1v) is 12.1. The Bertz CT molecular complexity index is 909. The van der Waals surface area contributed by atoms with Crippen LogP contribution in [0.4, 0.5) is 4.79 Å². The molecule has 1 aromatic carbocycles. The number of hydrazine groups is 1. The van der Waals surface area contributed by atoms with E-state index in [1.54, 1.807) is 14.2 Å². The lowest BCUT2D eigenvalue weighted by molar-refractivity contribution is -0.140. The van der Waals surface area contributed by atoms with E-state index in [4.69, 9.17) is 9.47 Å². The van der Waals surface area contributed by atoms with E-state index in [0.717, 1.165) is 74.1 Å². The third-order valence-electron chi connectivity index (χ3n) is 7.08. The first-order valence-electron chi connectivity index (χ1n) is 12.1. The molecule has 186 valence electrons. The summed E-state index contributed by atoms with van der Waals surface area (Å²) in [5, 5.41) is 3.69. The zero-order chi connectivity index (χ0) is 24.1. The molecule has 3 aliphatic rings. The van der Waals surface area contributed by atoms with Crippen molar-refractivity contribution in [1.82, 2.24) is 25.6 Å². The highest BCUT2D eigenvalue weighted by atomic mass is 16.5. The van der Waals surface area contributed by atoms with Gasteiger partial charge in [0.05, 0.1) is 14.2 Å². The number of methoxy groups -OCH3 is 2. The maximum absolute atomic E-state index is 12.8. The van der Waals surface area contributed by atoms with Crippen LogP contribution in [-0.2, 0) is 16.1 Å². The smallest absolute Gasteiger partial charge is 0.344 e. The van der Waals surface area contributed by atoms with E-state index in [-0.39, 0.29) is 18.2 Å². The third kappa shape index (κ3) is 5.28. The van der Waals surface area contributed by atoms with Crippen molar-refractivity contribution in [3.8, 4) is 11.5 Å². The number of piperazine rings is 1. The molecule has 0 unspecified atom stereocenters. The van der Waals surface area contributed by atoms with Gasteiger partial charge in [-0.1, -0.05) is 25.3 Å². The molecule has 0 atom stereocenters. The van der Waals surface area contributed by atoms with Crippen molar-refractivity contribution in [1.29, 1.82) is 0 Å². The van der Waals surface area contributed by atoms with Crippen molar-refractivity contribution < 1.29 is 23.9 Å². The van der Waals surface area contributed by atoms with Gasteiger partial charge in [-0.25, -0.2) is 4.79 Å². The number of nitrogens with zero attached hydrogens (tertiary/aromatic N) is 3. The second-order valence-corrected chi connectivity index (χ2v) is 9.31. The van der Waals surface area contributed by atoms with Gasteiger partial charge in [-0.3, -0.25) is 19.9 Å². The van der Waals surface area contributed by atoms with Crippen molar-refractivity contribution in [2.24, 2.45) is 0 Å². The Morgan fingerprint density at radius 3 is 2.35 bits per heavy atom. The number of ether oxygens (including phenoxy) is 2. The summed E-state index contributed by atoms with van der Waals surface area (Å²) in [6, 6.07) is 5.45. The monoisotopic (exact) mass is 473 g/mol. The Balaban J connectivity index is 1.20. The van der Waals surface area contributed by atoms with Gasteiger partial charge in [0.2, 0.25) is 5.91 Å². The minimum Gasteiger partial charge on any atom is -0.493 e. The molecule has 4 rings (SSSR count). The van der Waals surface area contributed by atoms with Crippen molar-refractivity contribution in [3.63, 3.8) is 0 Å². The topological polar surface area (TPSA) is 103 Å². The minimum absolute atomic E-state index is 0.236. The van der Waals surface area contributed by atoms with E-state index in [1.807, 2.05) is 18.2 Å². The van der Waals surface area contributed by atoms with Gasteiger partial charge >= 0.3 is 6.03 Å². The predicted molar refractivity (Wildman–Crippen MR) is 125 cm³/mol. The average Bonchev–Trinajstić information content (AvgIpc) is 3.07. The predicted octanol–water partition coefficient (Wildman–Crippen LogP) is 1.50. The number of carbonyl (C=O) groups excluding carboxylic acids is 3. The summed E-state index contributed by atoms with van der Waals surface area (Å²) in [4.78, 5) is 42.2. The molecule has 2 heterocycles. The van der Waals surface area contributed by atoms with Gasteiger partial charge in [0, 0.05) is 45.7 Å². The van der Waals surface area contributed by atoms with Crippen LogP contribution >= 0.6 is 0 Å². The van der Waals surface area contributed by atoms with Crippen molar-refractivity contribution in [2.75, 3.05) is 46.9 Å². The van der Waals surface area contributed by atoms with Crippen LogP contribution in [0.15, 0.2) is 18.2 Å². The number of carbonyl (C=O) groups is 3. The van der Waals surface area contributed by atoms with Gasteiger partial charge in [0.25, 0.3) is 5.91 Å². The van der Waals surface area contributed by atoms with Crippen LogP contribution in [0, 0.1) is 0 Å². The Kier molecular flexibility index (Phi) is 7.57. The maximum atomic E-state index is 12.8. The lowest BCUT2D eigenvalue weighted by Crippen LogP contribution is -2.51. The van der Waals surface area contributed by atoms with Gasteiger partial charge in [0.1, 0.15) is 5.54 Å². The van der Waals surface area contributed by atoms with Crippen LogP contribution in [-0.4, -0.2) is 85.1 Å². The van der Waals surface area contributed by atoms with E-state index < -0.39 is 11.6 Å². The first kappa shape index (κ1) is 24.3. The van der Waals surface area contributed by atoms with E-state index in [1.165, 1.54) is 0 Å². The highest BCUT2D eigenvalue weighted by Crippen LogP contribution is 2.33. The van der Waals surface area contributed by atoms with E-state index in [0.29, 0.717) is 19.4 Å². The van der Waals surface area contributed by atoms with E-state index in [2.05, 4.69) is 20.5 Å². The molecule has 3 fully saturated rings. The molecule has 1 spiro atoms. The fourth-order valence-corrected chi connectivity index (χ4v) is 5.06. The van der Waals surface area contributed by atoms with Crippen LogP contribution in [0.5, 0.6) is 11.5 Å². The van der Waals surface area contributed by atoms with Crippen LogP contribution in [0.2, 0.25) is 0 Å². The summed E-state index contributed by atoms with van der Waals surface area (Å²) in [5.74, 6) is 0.805. The molecule has 34 heavy (non-hydrogen) atoms. The van der Waals surface area contributed by atoms with Crippen molar-refractivity contribution in [3.05, 3.63) is 23.8 Å². The largest absolute Gasteiger partial charge is 0.493 e. The minimum atomic E-state index is -0.827. The summed E-state index contributed by atoms with van der Waals surface area (Å²) in [6.07, 6.45) is 4.39.